The van der Waals surface area contributed by atoms with Crippen LogP contribution in [-0.2, 0) is 13.0 Å². The number of fused-ring (bicyclic) bond motifs is 1. The van der Waals surface area contributed by atoms with Gasteiger partial charge in [-0.05, 0) is 30.5 Å². The van der Waals surface area contributed by atoms with Crippen molar-refractivity contribution in [3.8, 4) is 0 Å². The Morgan fingerprint density at radius 1 is 1.31 bits per heavy atom. The van der Waals surface area contributed by atoms with E-state index < -0.39 is 6.09 Å². The maximum absolute atomic E-state index is 11.2. The molecule has 0 radical (unpaired) electrons. The van der Waals surface area contributed by atoms with Crippen LogP contribution >= 0.6 is 0 Å². The van der Waals surface area contributed by atoms with Gasteiger partial charge in [-0.3, -0.25) is 4.79 Å². The number of hydrogen-bond acceptors (Lipinski definition) is 2. The first kappa shape index (κ1) is 10.7. The van der Waals surface area contributed by atoms with E-state index in [2.05, 4.69) is 0 Å². The highest BCUT2D eigenvalue weighted by Crippen LogP contribution is 2.20. The Kier molecular flexibility index (Phi) is 2.64. The van der Waals surface area contributed by atoms with Crippen LogP contribution in [0.2, 0.25) is 0 Å². The van der Waals surface area contributed by atoms with Crippen LogP contribution in [0.1, 0.15) is 28.4 Å². The van der Waals surface area contributed by atoms with E-state index in [1.165, 1.54) is 11.8 Å². The fraction of sp³-hybridized carbons (Fsp3) is 0.333. The van der Waals surface area contributed by atoms with Crippen LogP contribution in [0.15, 0.2) is 18.2 Å². The minimum Gasteiger partial charge on any atom is -0.465 e. The van der Waals surface area contributed by atoms with E-state index in [4.69, 9.17) is 5.11 Å². The lowest BCUT2D eigenvalue weighted by Gasteiger charge is -2.26. The first-order chi connectivity index (χ1) is 7.58. The summed E-state index contributed by atoms with van der Waals surface area (Å²) < 4.78 is 0. The third kappa shape index (κ3) is 1.91. The Balaban J connectivity index is 2.32. The Labute approximate surface area is 93.5 Å². The van der Waals surface area contributed by atoms with E-state index in [9.17, 15) is 9.59 Å². The second-order valence-corrected chi connectivity index (χ2v) is 3.99. The van der Waals surface area contributed by atoms with Crippen molar-refractivity contribution in [2.24, 2.45) is 0 Å². The molecule has 1 aliphatic heterocycles. The summed E-state index contributed by atoms with van der Waals surface area (Å²) in [6.45, 7) is 2.42. The Bertz CT molecular complexity index is 454. The van der Waals surface area contributed by atoms with Crippen molar-refractivity contribution >= 4 is 11.9 Å². The topological polar surface area (TPSA) is 57.6 Å². The molecule has 84 valence electrons. The van der Waals surface area contributed by atoms with E-state index in [0.29, 0.717) is 18.7 Å². The smallest absolute Gasteiger partial charge is 0.407 e. The fourth-order valence-corrected chi connectivity index (χ4v) is 1.94. The molecule has 1 aliphatic rings. The zero-order valence-electron chi connectivity index (χ0n) is 9.06. The zero-order chi connectivity index (χ0) is 11.7. The van der Waals surface area contributed by atoms with E-state index in [0.717, 1.165) is 17.5 Å². The standard InChI is InChI=1S/C12H13NO3/c1-8(14)10-3-2-9-4-5-13(12(15)16)7-11(9)6-10/h2-3,6H,4-5,7H2,1H3,(H,15,16). The Hall–Kier alpha value is -1.84. The van der Waals surface area contributed by atoms with Crippen molar-refractivity contribution in [3.05, 3.63) is 34.9 Å². The van der Waals surface area contributed by atoms with Crippen molar-refractivity contribution in [1.82, 2.24) is 4.90 Å². The van der Waals surface area contributed by atoms with Gasteiger partial charge in [-0.2, -0.15) is 0 Å². The van der Waals surface area contributed by atoms with Gasteiger partial charge in [0.25, 0.3) is 0 Å². The van der Waals surface area contributed by atoms with Gasteiger partial charge in [0.1, 0.15) is 0 Å². The van der Waals surface area contributed by atoms with Crippen LogP contribution < -0.4 is 0 Å². The first-order valence-electron chi connectivity index (χ1n) is 5.18. The molecular weight excluding hydrogens is 206 g/mol. The highest BCUT2D eigenvalue weighted by molar-refractivity contribution is 5.94. The van der Waals surface area contributed by atoms with Gasteiger partial charge in [0.15, 0.2) is 5.78 Å². The van der Waals surface area contributed by atoms with Crippen LogP contribution in [0.5, 0.6) is 0 Å². The molecule has 1 aromatic rings. The largest absolute Gasteiger partial charge is 0.465 e. The van der Waals surface area contributed by atoms with Crippen LogP contribution in [0.4, 0.5) is 4.79 Å². The molecule has 1 heterocycles. The van der Waals surface area contributed by atoms with Gasteiger partial charge in [-0.1, -0.05) is 12.1 Å². The molecule has 0 bridgehead atoms. The highest BCUT2D eigenvalue weighted by atomic mass is 16.4. The fourth-order valence-electron chi connectivity index (χ4n) is 1.94. The van der Waals surface area contributed by atoms with Gasteiger partial charge in [0, 0.05) is 18.7 Å². The molecule has 0 aromatic heterocycles. The molecule has 0 unspecified atom stereocenters. The zero-order valence-corrected chi connectivity index (χ0v) is 9.06. The van der Waals surface area contributed by atoms with Crippen LogP contribution in [-0.4, -0.2) is 28.4 Å². The third-order valence-electron chi connectivity index (χ3n) is 2.90. The van der Waals surface area contributed by atoms with Gasteiger partial charge in [-0.15, -0.1) is 0 Å². The molecule has 0 fully saturated rings. The molecule has 1 amide bonds. The van der Waals surface area contributed by atoms with Crippen molar-refractivity contribution < 1.29 is 14.7 Å². The molecule has 2 rings (SSSR count). The molecular formula is C12H13NO3. The van der Waals surface area contributed by atoms with Crippen LogP contribution in [0, 0.1) is 0 Å². The third-order valence-corrected chi connectivity index (χ3v) is 2.90. The monoisotopic (exact) mass is 219 g/mol. The van der Waals surface area contributed by atoms with E-state index in [1.807, 2.05) is 6.07 Å². The number of amides is 1. The van der Waals surface area contributed by atoms with Crippen molar-refractivity contribution in [3.63, 3.8) is 0 Å². The molecule has 16 heavy (non-hydrogen) atoms. The molecule has 1 N–H and O–H groups in total. The number of Topliss-reactive ketones (excluding diaryl/α,β-unsaturated/α-hetero) is 1. The normalized spacial score (nSPS) is 14.4. The van der Waals surface area contributed by atoms with Crippen molar-refractivity contribution in [2.75, 3.05) is 6.54 Å². The minimum atomic E-state index is -0.904. The summed E-state index contributed by atoms with van der Waals surface area (Å²) in [6, 6.07) is 5.52. The lowest BCUT2D eigenvalue weighted by atomic mass is 9.96. The predicted octanol–water partition coefficient (Wildman–Crippen LogP) is 1.93. The minimum absolute atomic E-state index is 0.00949. The molecule has 1 aromatic carbocycles. The number of nitrogens with zero attached hydrogens (tertiary/aromatic N) is 1. The summed E-state index contributed by atoms with van der Waals surface area (Å²) in [5.74, 6) is 0.00949. The highest BCUT2D eigenvalue weighted by Gasteiger charge is 2.20. The Morgan fingerprint density at radius 2 is 2.06 bits per heavy atom. The number of hydrogen-bond donors (Lipinski definition) is 1. The summed E-state index contributed by atoms with van der Waals surface area (Å²) in [7, 11) is 0. The van der Waals surface area contributed by atoms with Gasteiger partial charge in [0.2, 0.25) is 0 Å². The number of benzene rings is 1. The summed E-state index contributed by atoms with van der Waals surface area (Å²) in [5.41, 5.74) is 2.73. The predicted molar refractivity (Wildman–Crippen MR) is 58.6 cm³/mol. The summed E-state index contributed by atoms with van der Waals surface area (Å²) >= 11 is 0. The average Bonchev–Trinajstić information content (AvgIpc) is 2.27. The molecule has 4 nitrogen and oxygen atoms in total. The van der Waals surface area contributed by atoms with Crippen molar-refractivity contribution in [1.29, 1.82) is 0 Å². The molecule has 4 heteroatoms. The van der Waals surface area contributed by atoms with Crippen LogP contribution in [0.25, 0.3) is 0 Å². The van der Waals surface area contributed by atoms with Crippen molar-refractivity contribution in [2.45, 2.75) is 19.9 Å². The maximum Gasteiger partial charge on any atom is 0.407 e. The maximum atomic E-state index is 11.2. The van der Waals surface area contributed by atoms with Gasteiger partial charge < -0.3 is 10.0 Å². The van der Waals surface area contributed by atoms with Gasteiger partial charge in [-0.25, -0.2) is 4.79 Å². The number of carbonyl (C=O) groups excluding carboxylic acids is 1. The Morgan fingerprint density at radius 3 is 2.69 bits per heavy atom. The second kappa shape index (κ2) is 3.96. The van der Waals surface area contributed by atoms with E-state index >= 15 is 0 Å². The summed E-state index contributed by atoms with van der Waals surface area (Å²) in [6.07, 6.45) is -0.182. The number of ketones is 1. The molecule has 0 saturated carbocycles. The van der Waals surface area contributed by atoms with Gasteiger partial charge >= 0.3 is 6.09 Å². The van der Waals surface area contributed by atoms with Gasteiger partial charge in [0.05, 0.1) is 0 Å². The molecule has 0 saturated heterocycles. The van der Waals surface area contributed by atoms with E-state index in [-0.39, 0.29) is 5.78 Å². The molecule has 0 spiro atoms. The summed E-state index contributed by atoms with van der Waals surface area (Å²) in [5, 5.41) is 8.90. The number of carboxylic acid groups (broad SMARTS) is 1. The summed E-state index contributed by atoms with van der Waals surface area (Å²) in [4.78, 5) is 23.4. The first-order valence-corrected chi connectivity index (χ1v) is 5.18. The SMILES string of the molecule is CC(=O)c1ccc2c(c1)CN(C(=O)O)CC2. The number of carbonyl (C=O) groups is 2. The number of rotatable bonds is 1. The lowest BCUT2D eigenvalue weighted by molar-refractivity contribution is 0.101. The molecule has 0 atom stereocenters. The van der Waals surface area contributed by atoms with Crippen LogP contribution in [0.3, 0.4) is 0 Å². The van der Waals surface area contributed by atoms with E-state index in [1.54, 1.807) is 12.1 Å². The average molecular weight is 219 g/mol. The molecule has 0 aliphatic carbocycles. The lowest BCUT2D eigenvalue weighted by Crippen LogP contribution is -2.34. The quantitative estimate of drug-likeness (QED) is 0.734. The second-order valence-electron chi connectivity index (χ2n) is 3.99.